The highest BCUT2D eigenvalue weighted by Crippen LogP contribution is 1.61. The Labute approximate surface area is 88.0 Å². The van der Waals surface area contributed by atoms with Crippen molar-refractivity contribution in [3.8, 4) is 0 Å². The molecule has 0 rings (SSSR count). The van der Waals surface area contributed by atoms with E-state index in [2.05, 4.69) is 0 Å². The summed E-state index contributed by atoms with van der Waals surface area (Å²) in [5.41, 5.74) is 0. The first kappa shape index (κ1) is 29.2. The molecule has 0 spiro atoms. The van der Waals surface area contributed by atoms with Gasteiger partial charge in [0.25, 0.3) is 0 Å². The van der Waals surface area contributed by atoms with Gasteiger partial charge in [-0.3, -0.25) is 0 Å². The van der Waals surface area contributed by atoms with Crippen LogP contribution in [-0.4, -0.2) is 46.9 Å². The monoisotopic (exact) mass is 215 g/mol. The average molecular weight is 215 g/mol. The summed E-state index contributed by atoms with van der Waals surface area (Å²) >= 11 is 0. The highest BCUT2D eigenvalue weighted by molar-refractivity contribution is 4.10. The summed E-state index contributed by atoms with van der Waals surface area (Å²) in [4.78, 5) is 0. The molecule has 0 aromatic carbocycles. The Bertz CT molecular complexity index is 33.2. The fraction of sp³-hybridized carbons (Fsp3) is 1.00. The van der Waals surface area contributed by atoms with Crippen molar-refractivity contribution in [2.24, 2.45) is 0 Å². The first-order chi connectivity index (χ1) is 6.16. The van der Waals surface area contributed by atoms with Gasteiger partial charge < -0.3 is 26.6 Å². The van der Waals surface area contributed by atoms with E-state index in [1.54, 1.807) is 20.8 Å². The van der Waals surface area contributed by atoms with Gasteiger partial charge in [0.05, 0.1) is 0 Å². The van der Waals surface area contributed by atoms with E-state index in [1.165, 1.54) is 0 Å². The summed E-state index contributed by atoms with van der Waals surface area (Å²) in [5, 5.41) is 30.6. The van der Waals surface area contributed by atoms with Gasteiger partial charge in [-0.25, -0.2) is 0 Å². The first-order valence-electron chi connectivity index (χ1n) is 4.59. The van der Waals surface area contributed by atoms with Crippen LogP contribution in [0.5, 0.6) is 0 Å². The second kappa shape index (κ2) is 77.4. The molecule has 5 heteroatoms. The molecule has 0 aliphatic rings. The van der Waals surface area contributed by atoms with Crippen molar-refractivity contribution in [3.63, 3.8) is 0 Å². The number of aliphatic hydroxyl groups is 4. The second-order valence-electron chi connectivity index (χ2n) is 1.67. The van der Waals surface area contributed by atoms with Crippen LogP contribution in [0.4, 0.5) is 0 Å². The molecule has 0 aromatic heterocycles. The molecule has 0 heterocycles. The topological polar surface area (TPSA) is 116 Å². The number of aliphatic hydroxyl groups excluding tert-OH is 4. The highest BCUT2D eigenvalue weighted by Gasteiger charge is 1.57. The predicted molar refractivity (Wildman–Crippen MR) is 60.7 cm³/mol. The van der Waals surface area contributed by atoms with Crippen LogP contribution in [0.25, 0.3) is 0 Å². The standard InChI is InChI=1S/C3H8O.3C2H6O.H3N/c1-2-3-4;3*1-2-3;/h4H,2-3H2,1H3;3*3H,2H2,1H3;1H3. The molecule has 0 aromatic rings. The van der Waals surface area contributed by atoms with Gasteiger partial charge in [0.2, 0.25) is 0 Å². The predicted octanol–water partition coefficient (Wildman–Crippen LogP) is 0.546. The number of hydrogen-bond donors (Lipinski definition) is 5. The molecule has 0 atom stereocenters. The molecule has 0 unspecified atom stereocenters. The number of rotatable bonds is 1. The van der Waals surface area contributed by atoms with E-state index in [0.29, 0.717) is 6.61 Å². The molecule has 0 aliphatic heterocycles. The van der Waals surface area contributed by atoms with Crippen LogP contribution in [-0.2, 0) is 0 Å². The normalized spacial score (nSPS) is 6.00. The summed E-state index contributed by atoms with van der Waals surface area (Å²) in [7, 11) is 0. The molecule has 5 nitrogen and oxygen atoms in total. The molecule has 0 bridgehead atoms. The van der Waals surface area contributed by atoms with Crippen molar-refractivity contribution < 1.29 is 20.4 Å². The molecule has 0 aliphatic carbocycles. The maximum absolute atomic E-state index is 7.88. The average Bonchev–Trinajstić information content (AvgIpc) is 2.08. The Balaban J connectivity index is -0.0000000254. The van der Waals surface area contributed by atoms with Gasteiger partial charge >= 0.3 is 0 Å². The van der Waals surface area contributed by atoms with Gasteiger partial charge in [-0.15, -0.1) is 0 Å². The van der Waals surface area contributed by atoms with Crippen molar-refractivity contribution in [2.45, 2.75) is 34.1 Å². The summed E-state index contributed by atoms with van der Waals surface area (Å²) in [6, 6.07) is 0. The lowest BCUT2D eigenvalue weighted by Crippen LogP contribution is -1.69. The van der Waals surface area contributed by atoms with E-state index in [-0.39, 0.29) is 26.0 Å². The van der Waals surface area contributed by atoms with Crippen molar-refractivity contribution in [1.29, 1.82) is 0 Å². The molecule has 0 saturated carbocycles. The Morgan fingerprint density at radius 2 is 0.714 bits per heavy atom. The van der Waals surface area contributed by atoms with E-state index in [4.69, 9.17) is 20.4 Å². The third kappa shape index (κ3) is 2150. The van der Waals surface area contributed by atoms with Crippen molar-refractivity contribution in [2.75, 3.05) is 26.4 Å². The van der Waals surface area contributed by atoms with Crippen molar-refractivity contribution in [3.05, 3.63) is 0 Å². The van der Waals surface area contributed by atoms with Gasteiger partial charge in [0, 0.05) is 26.4 Å². The smallest absolute Gasteiger partial charge is 0.0428 e. The minimum Gasteiger partial charge on any atom is -0.397 e. The summed E-state index contributed by atoms with van der Waals surface area (Å²) < 4.78 is 0. The molecule has 7 N–H and O–H groups in total. The van der Waals surface area contributed by atoms with Crippen LogP contribution in [0, 0.1) is 0 Å². The Morgan fingerprint density at radius 1 is 0.643 bits per heavy atom. The van der Waals surface area contributed by atoms with E-state index >= 15 is 0 Å². The lowest BCUT2D eigenvalue weighted by molar-refractivity contribution is 0.295. The fourth-order valence-electron chi connectivity index (χ4n) is 0. The van der Waals surface area contributed by atoms with Gasteiger partial charge in [0.15, 0.2) is 0 Å². The van der Waals surface area contributed by atoms with Crippen molar-refractivity contribution >= 4 is 0 Å². The third-order valence-corrected chi connectivity index (χ3v) is 0.224. The lowest BCUT2D eigenvalue weighted by Gasteiger charge is -1.69. The van der Waals surface area contributed by atoms with Crippen LogP contribution >= 0.6 is 0 Å². The zero-order chi connectivity index (χ0) is 11.5. The van der Waals surface area contributed by atoms with Crippen LogP contribution in [0.3, 0.4) is 0 Å². The molecule has 0 amide bonds. The molecule has 14 heavy (non-hydrogen) atoms. The molecule has 0 radical (unpaired) electrons. The Kier molecular flexibility index (Phi) is 161. The molecule has 94 valence electrons. The third-order valence-electron chi connectivity index (χ3n) is 0.224. The first-order valence-corrected chi connectivity index (χ1v) is 4.59. The molecule has 0 saturated heterocycles. The van der Waals surface area contributed by atoms with Gasteiger partial charge in [-0.1, -0.05) is 6.92 Å². The zero-order valence-corrected chi connectivity index (χ0v) is 10.0. The quantitative estimate of drug-likeness (QED) is 0.438. The van der Waals surface area contributed by atoms with E-state index in [1.807, 2.05) is 6.92 Å². The molecular weight excluding hydrogens is 186 g/mol. The second-order valence-corrected chi connectivity index (χ2v) is 1.67. The van der Waals surface area contributed by atoms with E-state index < -0.39 is 0 Å². The summed E-state index contributed by atoms with van der Waals surface area (Å²) in [6.07, 6.45) is 0.875. The minimum atomic E-state index is 0. The largest absolute Gasteiger partial charge is 0.397 e. The van der Waals surface area contributed by atoms with Gasteiger partial charge in [-0.2, -0.15) is 0 Å². The number of hydrogen-bond acceptors (Lipinski definition) is 5. The molecule has 0 fully saturated rings. The van der Waals surface area contributed by atoms with Crippen LogP contribution in [0.1, 0.15) is 34.1 Å². The van der Waals surface area contributed by atoms with Gasteiger partial charge in [0.1, 0.15) is 0 Å². The van der Waals surface area contributed by atoms with Crippen molar-refractivity contribution in [1.82, 2.24) is 6.15 Å². The van der Waals surface area contributed by atoms with Crippen LogP contribution in [0.15, 0.2) is 0 Å². The highest BCUT2D eigenvalue weighted by atomic mass is 16.3. The zero-order valence-electron chi connectivity index (χ0n) is 10.0. The lowest BCUT2D eigenvalue weighted by atomic mass is 10.5. The fourth-order valence-corrected chi connectivity index (χ4v) is 0. The summed E-state index contributed by atoms with van der Waals surface area (Å²) in [5.74, 6) is 0. The Hall–Kier alpha value is -0.200. The van der Waals surface area contributed by atoms with E-state index in [0.717, 1.165) is 6.42 Å². The SMILES string of the molecule is CCCO.CCO.CCO.CCO.N. The maximum atomic E-state index is 7.88. The van der Waals surface area contributed by atoms with Crippen LogP contribution in [0.2, 0.25) is 0 Å². The summed E-state index contributed by atoms with van der Waals surface area (Å²) in [6.45, 7) is 8.04. The van der Waals surface area contributed by atoms with Gasteiger partial charge in [-0.05, 0) is 27.2 Å². The van der Waals surface area contributed by atoms with E-state index in [9.17, 15) is 0 Å². The minimum absolute atomic E-state index is 0. The Morgan fingerprint density at radius 3 is 0.714 bits per heavy atom. The molecular formula is C9H29NO4. The maximum Gasteiger partial charge on any atom is 0.0428 e. The van der Waals surface area contributed by atoms with Crippen LogP contribution < -0.4 is 6.15 Å².